The van der Waals surface area contributed by atoms with Crippen LogP contribution in [0.15, 0.2) is 0 Å². The third-order valence-electron chi connectivity index (χ3n) is 3.67. The highest BCUT2D eigenvalue weighted by atomic mass is 19.3. The molecular formula is C15H29F2N. The summed E-state index contributed by atoms with van der Waals surface area (Å²) < 4.78 is 26.4. The van der Waals surface area contributed by atoms with Crippen LogP contribution in [0.1, 0.15) is 66.2 Å². The molecule has 1 nitrogen and oxygen atoms in total. The first kappa shape index (κ1) is 15.9. The van der Waals surface area contributed by atoms with E-state index < -0.39 is 5.92 Å². The second kappa shape index (κ2) is 6.31. The molecule has 108 valence electrons. The second-order valence-corrected chi connectivity index (χ2v) is 7.12. The Morgan fingerprint density at radius 2 is 2.00 bits per heavy atom. The third kappa shape index (κ3) is 6.12. The van der Waals surface area contributed by atoms with Crippen LogP contribution < -0.4 is 5.32 Å². The fourth-order valence-corrected chi connectivity index (χ4v) is 2.97. The summed E-state index contributed by atoms with van der Waals surface area (Å²) in [5.74, 6) is -2.20. The first-order chi connectivity index (χ1) is 8.22. The molecule has 0 saturated heterocycles. The van der Waals surface area contributed by atoms with Gasteiger partial charge in [0.05, 0.1) is 0 Å². The standard InChI is InChI=1S/C15H29F2N/c1-5-8-18-13(11-14(2,3)4)9-12-6-7-15(16,17)10-12/h12-13,18H,5-11H2,1-4H3. The van der Waals surface area contributed by atoms with Crippen LogP contribution in [0.3, 0.4) is 0 Å². The summed E-state index contributed by atoms with van der Waals surface area (Å²) in [7, 11) is 0. The van der Waals surface area contributed by atoms with Gasteiger partial charge in [0.15, 0.2) is 0 Å². The van der Waals surface area contributed by atoms with Crippen LogP contribution in [0.4, 0.5) is 8.78 Å². The van der Waals surface area contributed by atoms with Crippen molar-refractivity contribution in [2.45, 2.75) is 78.2 Å². The molecule has 2 atom stereocenters. The summed E-state index contributed by atoms with van der Waals surface area (Å²) in [5.41, 5.74) is 0.256. The minimum atomic E-state index is -2.40. The van der Waals surface area contributed by atoms with Gasteiger partial charge in [-0.15, -0.1) is 0 Å². The molecule has 0 aromatic carbocycles. The van der Waals surface area contributed by atoms with E-state index in [4.69, 9.17) is 0 Å². The van der Waals surface area contributed by atoms with Gasteiger partial charge in [-0.1, -0.05) is 27.7 Å². The minimum Gasteiger partial charge on any atom is -0.314 e. The normalized spacial score (nSPS) is 25.3. The zero-order valence-electron chi connectivity index (χ0n) is 12.4. The van der Waals surface area contributed by atoms with E-state index in [1.165, 1.54) is 0 Å². The molecule has 0 heterocycles. The summed E-state index contributed by atoms with van der Waals surface area (Å²) in [6.07, 6.45) is 3.96. The van der Waals surface area contributed by atoms with Crippen LogP contribution in [-0.4, -0.2) is 18.5 Å². The summed E-state index contributed by atoms with van der Waals surface area (Å²) in [5, 5.41) is 3.54. The van der Waals surface area contributed by atoms with Gasteiger partial charge in [0.25, 0.3) is 0 Å². The molecule has 1 rings (SSSR count). The van der Waals surface area contributed by atoms with E-state index >= 15 is 0 Å². The first-order valence-corrected chi connectivity index (χ1v) is 7.33. The lowest BCUT2D eigenvalue weighted by atomic mass is 9.84. The highest BCUT2D eigenvalue weighted by molar-refractivity contribution is 4.85. The Labute approximate surface area is 111 Å². The van der Waals surface area contributed by atoms with E-state index in [-0.39, 0.29) is 24.2 Å². The maximum absolute atomic E-state index is 13.2. The molecule has 0 aliphatic heterocycles. The molecule has 18 heavy (non-hydrogen) atoms. The van der Waals surface area contributed by atoms with Gasteiger partial charge in [0.1, 0.15) is 0 Å². The molecule has 1 aliphatic carbocycles. The molecular weight excluding hydrogens is 232 g/mol. The van der Waals surface area contributed by atoms with E-state index in [9.17, 15) is 8.78 Å². The Balaban J connectivity index is 2.45. The first-order valence-electron chi connectivity index (χ1n) is 7.33. The molecule has 1 N–H and O–H groups in total. The van der Waals surface area contributed by atoms with Crippen molar-refractivity contribution < 1.29 is 8.78 Å². The zero-order valence-corrected chi connectivity index (χ0v) is 12.4. The topological polar surface area (TPSA) is 12.0 Å². The lowest BCUT2D eigenvalue weighted by molar-refractivity contribution is 0.00417. The van der Waals surface area contributed by atoms with Gasteiger partial charge in [0.2, 0.25) is 5.92 Å². The monoisotopic (exact) mass is 261 g/mol. The van der Waals surface area contributed by atoms with Crippen molar-refractivity contribution in [1.82, 2.24) is 5.32 Å². The van der Waals surface area contributed by atoms with Gasteiger partial charge in [-0.05, 0) is 43.6 Å². The maximum atomic E-state index is 13.2. The van der Waals surface area contributed by atoms with Crippen molar-refractivity contribution in [3.63, 3.8) is 0 Å². The number of halogens is 2. The Morgan fingerprint density at radius 1 is 1.33 bits per heavy atom. The van der Waals surface area contributed by atoms with Gasteiger partial charge in [-0.3, -0.25) is 0 Å². The fraction of sp³-hybridized carbons (Fsp3) is 1.00. The second-order valence-electron chi connectivity index (χ2n) is 7.12. The predicted molar refractivity (Wildman–Crippen MR) is 73.1 cm³/mol. The fourth-order valence-electron chi connectivity index (χ4n) is 2.97. The molecule has 0 aromatic heterocycles. The maximum Gasteiger partial charge on any atom is 0.248 e. The third-order valence-corrected chi connectivity index (χ3v) is 3.67. The lowest BCUT2D eigenvalue weighted by Gasteiger charge is -2.29. The lowest BCUT2D eigenvalue weighted by Crippen LogP contribution is -2.35. The Morgan fingerprint density at radius 3 is 2.44 bits per heavy atom. The smallest absolute Gasteiger partial charge is 0.248 e. The number of hydrogen-bond donors (Lipinski definition) is 1. The van der Waals surface area contributed by atoms with Crippen molar-refractivity contribution >= 4 is 0 Å². The molecule has 2 unspecified atom stereocenters. The van der Waals surface area contributed by atoms with Crippen molar-refractivity contribution in [3.05, 3.63) is 0 Å². The van der Waals surface area contributed by atoms with Gasteiger partial charge in [-0.2, -0.15) is 0 Å². The average Bonchev–Trinajstić information content (AvgIpc) is 2.52. The quantitative estimate of drug-likeness (QED) is 0.736. The summed E-state index contributed by atoms with van der Waals surface area (Å²) in [6.45, 7) is 9.79. The molecule has 0 spiro atoms. The van der Waals surface area contributed by atoms with E-state index in [1.54, 1.807) is 0 Å². The number of alkyl halides is 2. The van der Waals surface area contributed by atoms with E-state index in [0.717, 1.165) is 25.8 Å². The van der Waals surface area contributed by atoms with Crippen molar-refractivity contribution in [3.8, 4) is 0 Å². The Hall–Kier alpha value is -0.180. The predicted octanol–water partition coefficient (Wildman–Crippen LogP) is 4.62. The highest BCUT2D eigenvalue weighted by Crippen LogP contribution is 2.41. The Bertz CT molecular complexity index is 245. The van der Waals surface area contributed by atoms with Crippen LogP contribution in [0.5, 0.6) is 0 Å². The number of rotatable bonds is 6. The molecule has 1 saturated carbocycles. The van der Waals surface area contributed by atoms with Gasteiger partial charge in [0, 0.05) is 18.9 Å². The molecule has 3 heteroatoms. The van der Waals surface area contributed by atoms with Gasteiger partial charge in [-0.25, -0.2) is 8.78 Å². The van der Waals surface area contributed by atoms with Gasteiger partial charge >= 0.3 is 0 Å². The minimum absolute atomic E-state index is 0.0910. The molecule has 1 aliphatic rings. The molecule has 0 radical (unpaired) electrons. The molecule has 0 amide bonds. The average molecular weight is 261 g/mol. The molecule has 0 aromatic rings. The van der Waals surface area contributed by atoms with Crippen LogP contribution in [0, 0.1) is 11.3 Å². The molecule has 1 fully saturated rings. The van der Waals surface area contributed by atoms with Crippen LogP contribution in [-0.2, 0) is 0 Å². The van der Waals surface area contributed by atoms with Gasteiger partial charge < -0.3 is 5.32 Å². The summed E-state index contributed by atoms with van der Waals surface area (Å²) >= 11 is 0. The molecule has 0 bridgehead atoms. The van der Waals surface area contributed by atoms with E-state index in [1.807, 2.05) is 0 Å². The van der Waals surface area contributed by atoms with Crippen LogP contribution in [0.25, 0.3) is 0 Å². The number of nitrogens with one attached hydrogen (secondary N) is 1. The van der Waals surface area contributed by atoms with Crippen molar-refractivity contribution in [1.29, 1.82) is 0 Å². The van der Waals surface area contributed by atoms with E-state index in [0.29, 0.717) is 12.5 Å². The zero-order chi connectivity index (χ0) is 13.8. The highest BCUT2D eigenvalue weighted by Gasteiger charge is 2.40. The SMILES string of the molecule is CCCNC(CC1CCC(F)(F)C1)CC(C)(C)C. The van der Waals surface area contributed by atoms with Crippen molar-refractivity contribution in [2.24, 2.45) is 11.3 Å². The summed E-state index contributed by atoms with van der Waals surface area (Å²) in [4.78, 5) is 0. The summed E-state index contributed by atoms with van der Waals surface area (Å²) in [6, 6.07) is 0.392. The largest absolute Gasteiger partial charge is 0.314 e. The van der Waals surface area contributed by atoms with Crippen LogP contribution in [0.2, 0.25) is 0 Å². The van der Waals surface area contributed by atoms with E-state index in [2.05, 4.69) is 33.0 Å². The number of hydrogen-bond acceptors (Lipinski definition) is 1. The van der Waals surface area contributed by atoms with Crippen LogP contribution >= 0.6 is 0 Å². The van der Waals surface area contributed by atoms with Crippen molar-refractivity contribution in [2.75, 3.05) is 6.54 Å². The Kier molecular flexibility index (Phi) is 5.57.